The van der Waals surface area contributed by atoms with Gasteiger partial charge in [0, 0.05) is 4.75 Å². The van der Waals surface area contributed by atoms with Crippen molar-refractivity contribution in [2.45, 2.75) is 61.2 Å². The Morgan fingerprint density at radius 3 is 2.70 bits per heavy atom. The molecule has 3 unspecified atom stereocenters. The van der Waals surface area contributed by atoms with Gasteiger partial charge in [0.15, 0.2) is 11.7 Å². The number of amides is 2. The Bertz CT molecular complexity index is 1360. The second-order valence-corrected chi connectivity index (χ2v) is 11.8. The van der Waals surface area contributed by atoms with Gasteiger partial charge in [-0.2, -0.15) is 5.21 Å². The number of nitrogens with one attached hydrogen (secondary N) is 2. The van der Waals surface area contributed by atoms with Crippen LogP contribution in [0.1, 0.15) is 54.7 Å². The van der Waals surface area contributed by atoms with Gasteiger partial charge < -0.3 is 15.0 Å². The van der Waals surface area contributed by atoms with E-state index in [9.17, 15) is 14.4 Å². The van der Waals surface area contributed by atoms with Gasteiger partial charge in [-0.15, -0.1) is 22.0 Å². The van der Waals surface area contributed by atoms with Crippen molar-refractivity contribution in [3.8, 4) is 5.75 Å². The van der Waals surface area contributed by atoms with Gasteiger partial charge in [-0.3, -0.25) is 14.4 Å². The molecule has 1 aliphatic carbocycles. The lowest BCUT2D eigenvalue weighted by Crippen LogP contribution is -2.68. The Kier molecular flexibility index (Phi) is 5.74. The van der Waals surface area contributed by atoms with E-state index >= 15 is 0 Å². The third kappa shape index (κ3) is 4.07. The quantitative estimate of drug-likeness (QED) is 0.220. The van der Waals surface area contributed by atoms with Crippen molar-refractivity contribution in [1.29, 1.82) is 0 Å². The molecule has 0 spiro atoms. The van der Waals surface area contributed by atoms with Gasteiger partial charge in [-0.25, -0.2) is 0 Å². The second kappa shape index (κ2) is 8.98. The molecule has 37 heavy (non-hydrogen) atoms. The lowest BCUT2D eigenvalue weighted by atomic mass is 9.94. The molecule has 1 aromatic heterocycles. The molecule has 4 atom stereocenters. The van der Waals surface area contributed by atoms with Crippen molar-refractivity contribution in [2.24, 2.45) is 0 Å². The summed E-state index contributed by atoms with van der Waals surface area (Å²) in [5.41, 5.74) is 2.93. The maximum absolute atomic E-state index is 13.5. The summed E-state index contributed by atoms with van der Waals surface area (Å²) in [5, 5.41) is 16.8. The Hall–Kier alpha value is -3.73. The Balaban J connectivity index is 1.22. The summed E-state index contributed by atoms with van der Waals surface area (Å²) in [6, 6.07) is 13.2. The van der Waals surface area contributed by atoms with Crippen molar-refractivity contribution in [3.63, 3.8) is 0 Å². The number of hydrogen-bond donors (Lipinski definition) is 2. The van der Waals surface area contributed by atoms with Crippen LogP contribution in [-0.4, -0.2) is 59.5 Å². The largest absolute Gasteiger partial charge is 0.426 e. The molecule has 0 radical (unpaired) electrons. The van der Waals surface area contributed by atoms with Crippen LogP contribution in [0.5, 0.6) is 5.75 Å². The van der Waals surface area contributed by atoms with E-state index in [1.54, 1.807) is 47.0 Å². The first kappa shape index (κ1) is 23.7. The Labute approximate surface area is 217 Å². The van der Waals surface area contributed by atoms with Gasteiger partial charge in [0.25, 0.3) is 0 Å². The summed E-state index contributed by atoms with van der Waals surface area (Å²) in [6.45, 7) is 4.01. The number of aryl methyl sites for hydroxylation is 2. The SMILES string of the molecule is CC1(C)S[C@H]2C(NC(=O)C(C(=O)Oc3ccc4c(c3)CCC4)c3ccccc3)C(=O)N2C1c1nn[nH]n1. The molecule has 2 aromatic carbocycles. The molecule has 3 heterocycles. The highest BCUT2D eigenvalue weighted by Crippen LogP contribution is 2.56. The van der Waals surface area contributed by atoms with E-state index in [4.69, 9.17) is 4.74 Å². The lowest BCUT2D eigenvalue weighted by Gasteiger charge is -2.44. The van der Waals surface area contributed by atoms with Gasteiger partial charge in [0.2, 0.25) is 11.8 Å². The second-order valence-electron chi connectivity index (χ2n) is 10.1. The molecule has 0 saturated carbocycles. The van der Waals surface area contributed by atoms with Gasteiger partial charge in [-0.05, 0) is 61.9 Å². The number of thioether (sulfide) groups is 1. The summed E-state index contributed by atoms with van der Waals surface area (Å²) in [4.78, 5) is 41.8. The predicted octanol–water partition coefficient (Wildman–Crippen LogP) is 2.30. The minimum absolute atomic E-state index is 0.245. The van der Waals surface area contributed by atoms with Gasteiger partial charge >= 0.3 is 5.97 Å². The fourth-order valence-corrected chi connectivity index (χ4v) is 7.14. The van der Waals surface area contributed by atoms with Crippen molar-refractivity contribution in [1.82, 2.24) is 30.8 Å². The molecule has 2 N–H and O–H groups in total. The van der Waals surface area contributed by atoms with E-state index in [-0.39, 0.29) is 17.3 Å². The zero-order chi connectivity index (χ0) is 25.7. The third-order valence-electron chi connectivity index (χ3n) is 7.26. The Morgan fingerprint density at radius 1 is 1.16 bits per heavy atom. The Morgan fingerprint density at radius 2 is 1.95 bits per heavy atom. The van der Waals surface area contributed by atoms with Crippen LogP contribution in [-0.2, 0) is 27.2 Å². The fourth-order valence-electron chi connectivity index (χ4n) is 5.51. The van der Waals surface area contributed by atoms with Gasteiger partial charge in [0.05, 0.1) is 0 Å². The molecule has 0 bridgehead atoms. The van der Waals surface area contributed by atoms with E-state index in [2.05, 4.69) is 25.9 Å². The number of aromatic amines is 1. The van der Waals surface area contributed by atoms with E-state index < -0.39 is 28.6 Å². The highest BCUT2D eigenvalue weighted by atomic mass is 32.2. The number of carbonyl (C=O) groups is 3. The number of carbonyl (C=O) groups excluding carboxylic acids is 3. The predicted molar refractivity (Wildman–Crippen MR) is 134 cm³/mol. The molecule has 2 fully saturated rings. The molecule has 11 heteroatoms. The van der Waals surface area contributed by atoms with Crippen LogP contribution in [0.25, 0.3) is 0 Å². The van der Waals surface area contributed by atoms with Crippen LogP contribution in [0.4, 0.5) is 0 Å². The van der Waals surface area contributed by atoms with Gasteiger partial charge in [-0.1, -0.05) is 41.6 Å². The maximum Gasteiger partial charge on any atom is 0.328 e. The number of β-lactam (4-membered cyclic amide) rings is 1. The molecule has 2 amide bonds. The number of aromatic nitrogens is 4. The maximum atomic E-state index is 13.5. The average Bonchev–Trinajstić information content (AvgIpc) is 3.61. The smallest absolute Gasteiger partial charge is 0.328 e. The number of esters is 1. The first-order valence-electron chi connectivity index (χ1n) is 12.3. The van der Waals surface area contributed by atoms with Crippen molar-refractivity contribution < 1.29 is 19.1 Å². The summed E-state index contributed by atoms with van der Waals surface area (Å²) in [6.07, 6.45) is 3.05. The summed E-state index contributed by atoms with van der Waals surface area (Å²) in [7, 11) is 0. The third-order valence-corrected chi connectivity index (χ3v) is 8.84. The van der Waals surface area contributed by atoms with Crippen LogP contribution >= 0.6 is 11.8 Å². The first-order valence-corrected chi connectivity index (χ1v) is 13.1. The van der Waals surface area contributed by atoms with Crippen molar-refractivity contribution in [2.75, 3.05) is 0 Å². The first-order chi connectivity index (χ1) is 17.8. The molecule has 3 aliphatic rings. The summed E-state index contributed by atoms with van der Waals surface area (Å²) in [5.74, 6) is -1.88. The summed E-state index contributed by atoms with van der Waals surface area (Å²) < 4.78 is 5.30. The average molecular weight is 519 g/mol. The highest BCUT2D eigenvalue weighted by Gasteiger charge is 2.63. The van der Waals surface area contributed by atoms with Gasteiger partial charge in [0.1, 0.15) is 23.2 Å². The minimum Gasteiger partial charge on any atom is -0.426 e. The molecule has 2 saturated heterocycles. The van der Waals surface area contributed by atoms with E-state index in [1.165, 1.54) is 11.1 Å². The van der Waals surface area contributed by atoms with Crippen molar-refractivity contribution >= 4 is 29.5 Å². The zero-order valence-corrected chi connectivity index (χ0v) is 21.2. The molecule has 10 nitrogen and oxygen atoms in total. The molecular formula is C26H26N6O4S. The molecule has 6 rings (SSSR count). The molecular weight excluding hydrogens is 492 g/mol. The number of H-pyrrole nitrogens is 1. The standard InChI is InChI=1S/C26H26N6O4S/c1-26(2)20(21-28-30-31-29-21)32-23(34)19(24(32)37-26)27-22(33)18(15-7-4-3-5-8-15)25(35)36-17-12-11-14-9-6-10-16(14)13-17/h3-5,7-8,11-13,18-20,24H,6,9-10H2,1-2H3,(H,27,33)(H,28,29,30,31)/t18?,19?,20?,24-/m0/s1. The van der Waals surface area contributed by atoms with Crippen LogP contribution in [0, 0.1) is 0 Å². The zero-order valence-electron chi connectivity index (χ0n) is 20.4. The van der Waals surface area contributed by atoms with E-state index in [1.807, 2.05) is 32.0 Å². The van der Waals surface area contributed by atoms with E-state index in [0.717, 1.165) is 19.3 Å². The summed E-state index contributed by atoms with van der Waals surface area (Å²) >= 11 is 1.56. The monoisotopic (exact) mass is 518 g/mol. The molecule has 2 aliphatic heterocycles. The highest BCUT2D eigenvalue weighted by molar-refractivity contribution is 8.01. The number of tetrazole rings is 1. The number of fused-ring (bicyclic) bond motifs is 2. The number of nitrogens with zero attached hydrogens (tertiary/aromatic N) is 4. The number of rotatable bonds is 6. The lowest BCUT2D eigenvalue weighted by molar-refractivity contribution is -0.153. The van der Waals surface area contributed by atoms with Crippen LogP contribution in [0.15, 0.2) is 48.5 Å². The molecule has 190 valence electrons. The van der Waals surface area contributed by atoms with Crippen LogP contribution < -0.4 is 10.1 Å². The van der Waals surface area contributed by atoms with E-state index in [0.29, 0.717) is 17.1 Å². The molecule has 3 aromatic rings. The van der Waals surface area contributed by atoms with Crippen molar-refractivity contribution in [3.05, 3.63) is 71.0 Å². The minimum atomic E-state index is -1.22. The van der Waals surface area contributed by atoms with Crippen LogP contribution in [0.3, 0.4) is 0 Å². The fraction of sp³-hybridized carbons (Fsp3) is 0.385. The van der Waals surface area contributed by atoms with Crippen LogP contribution in [0.2, 0.25) is 0 Å². The number of hydrogen-bond acceptors (Lipinski definition) is 8. The normalized spacial score (nSPS) is 24.1. The number of benzene rings is 2. The topological polar surface area (TPSA) is 130 Å². The number of ether oxygens (including phenoxy) is 1.